The smallest absolute Gasteiger partial charge is 0.311 e. The second-order valence-electron chi connectivity index (χ2n) is 4.26. The Morgan fingerprint density at radius 2 is 2.07 bits per heavy atom. The second kappa shape index (κ2) is 4.78. The molecular formula is C11H20O3. The minimum Gasteiger partial charge on any atom is -0.462 e. The summed E-state index contributed by atoms with van der Waals surface area (Å²) in [5.41, 5.74) is 0. The van der Waals surface area contributed by atoms with Crippen LogP contribution < -0.4 is 0 Å². The maximum atomic E-state index is 11.3. The molecule has 3 nitrogen and oxygen atoms in total. The summed E-state index contributed by atoms with van der Waals surface area (Å²) in [6, 6.07) is 0. The van der Waals surface area contributed by atoms with Crippen LogP contribution in [0, 0.1) is 11.8 Å². The van der Waals surface area contributed by atoms with E-state index in [1.807, 2.05) is 6.92 Å². The summed E-state index contributed by atoms with van der Waals surface area (Å²) in [5.74, 6) is -0.561. The number of carbonyl (C=O) groups is 1. The van der Waals surface area contributed by atoms with Gasteiger partial charge in [0.2, 0.25) is 0 Å². The van der Waals surface area contributed by atoms with Gasteiger partial charge in [-0.3, -0.25) is 4.79 Å². The van der Waals surface area contributed by atoms with Crippen LogP contribution in [0.3, 0.4) is 0 Å². The van der Waals surface area contributed by atoms with E-state index >= 15 is 0 Å². The lowest BCUT2D eigenvalue weighted by molar-refractivity contribution is -0.177. The molecule has 0 aromatic carbocycles. The van der Waals surface area contributed by atoms with E-state index in [2.05, 4.69) is 6.92 Å². The van der Waals surface area contributed by atoms with Crippen LogP contribution in [0.5, 0.6) is 0 Å². The van der Waals surface area contributed by atoms with Crippen molar-refractivity contribution in [3.8, 4) is 0 Å². The third-order valence-corrected chi connectivity index (χ3v) is 3.12. The quantitative estimate of drug-likeness (QED) is 0.706. The van der Waals surface area contributed by atoms with Crippen LogP contribution in [0.4, 0.5) is 0 Å². The number of rotatable bonds is 3. The molecule has 1 aliphatic heterocycles. The topological polar surface area (TPSA) is 46.5 Å². The van der Waals surface area contributed by atoms with E-state index in [-0.39, 0.29) is 23.9 Å². The monoisotopic (exact) mass is 200 g/mol. The van der Waals surface area contributed by atoms with Crippen LogP contribution in [0.25, 0.3) is 0 Å². The molecule has 0 radical (unpaired) electrons. The number of hydrogen-bond acceptors (Lipinski definition) is 3. The number of unbranched alkanes of at least 4 members (excludes halogenated alkanes) is 1. The molecule has 1 N–H and O–H groups in total. The molecule has 0 aromatic heterocycles. The molecule has 0 aliphatic carbocycles. The van der Waals surface area contributed by atoms with Crippen LogP contribution in [0.1, 0.15) is 40.0 Å². The molecule has 3 heteroatoms. The van der Waals surface area contributed by atoms with E-state index in [1.165, 1.54) is 0 Å². The lowest BCUT2D eigenvalue weighted by Crippen LogP contribution is -2.46. The number of hydrogen-bond donors (Lipinski definition) is 1. The number of ether oxygens (including phenoxy) is 1. The first-order valence-corrected chi connectivity index (χ1v) is 5.46. The van der Waals surface area contributed by atoms with Crippen molar-refractivity contribution in [1.29, 1.82) is 0 Å². The van der Waals surface area contributed by atoms with Crippen molar-refractivity contribution in [3.63, 3.8) is 0 Å². The van der Waals surface area contributed by atoms with Gasteiger partial charge in [0.1, 0.15) is 6.10 Å². The largest absolute Gasteiger partial charge is 0.462 e. The molecule has 1 heterocycles. The first kappa shape index (κ1) is 11.5. The third kappa shape index (κ3) is 2.27. The second-order valence-corrected chi connectivity index (χ2v) is 4.26. The summed E-state index contributed by atoms with van der Waals surface area (Å²) < 4.78 is 5.28. The SMILES string of the molecule is CCCCC1OC(=O)[C@H](C)C(O)C1C. The van der Waals surface area contributed by atoms with Gasteiger partial charge in [0, 0.05) is 5.92 Å². The lowest BCUT2D eigenvalue weighted by Gasteiger charge is -2.36. The van der Waals surface area contributed by atoms with Crippen molar-refractivity contribution in [1.82, 2.24) is 0 Å². The van der Waals surface area contributed by atoms with Gasteiger partial charge in [0.25, 0.3) is 0 Å². The average Bonchev–Trinajstić information content (AvgIpc) is 2.18. The first-order chi connectivity index (χ1) is 6.57. The van der Waals surface area contributed by atoms with Gasteiger partial charge >= 0.3 is 5.97 Å². The maximum absolute atomic E-state index is 11.3. The van der Waals surface area contributed by atoms with Gasteiger partial charge < -0.3 is 9.84 Å². The fourth-order valence-corrected chi connectivity index (χ4v) is 1.91. The third-order valence-electron chi connectivity index (χ3n) is 3.12. The van der Waals surface area contributed by atoms with Gasteiger partial charge in [-0.2, -0.15) is 0 Å². The summed E-state index contributed by atoms with van der Waals surface area (Å²) in [5, 5.41) is 9.79. The summed E-state index contributed by atoms with van der Waals surface area (Å²) in [7, 11) is 0. The predicted octanol–water partition coefficient (Wildman–Crippen LogP) is 1.74. The van der Waals surface area contributed by atoms with Gasteiger partial charge in [-0.1, -0.05) is 26.7 Å². The molecule has 0 aromatic rings. The average molecular weight is 200 g/mol. The number of cyclic esters (lactones) is 1. The number of esters is 1. The molecule has 1 aliphatic rings. The zero-order valence-electron chi connectivity index (χ0n) is 9.19. The van der Waals surface area contributed by atoms with Gasteiger partial charge in [0.05, 0.1) is 12.0 Å². The molecule has 0 saturated carbocycles. The fraction of sp³-hybridized carbons (Fsp3) is 0.909. The van der Waals surface area contributed by atoms with Gasteiger partial charge in [-0.05, 0) is 13.3 Å². The highest BCUT2D eigenvalue weighted by Crippen LogP contribution is 2.28. The van der Waals surface area contributed by atoms with E-state index in [4.69, 9.17) is 4.74 Å². The fourth-order valence-electron chi connectivity index (χ4n) is 1.91. The summed E-state index contributed by atoms with van der Waals surface area (Å²) in [6.07, 6.45) is 2.37. The van der Waals surface area contributed by atoms with Crippen LogP contribution in [0.2, 0.25) is 0 Å². The zero-order valence-corrected chi connectivity index (χ0v) is 9.19. The molecule has 0 amide bonds. The van der Waals surface area contributed by atoms with E-state index in [9.17, 15) is 9.90 Å². The molecule has 1 rings (SSSR count). The highest BCUT2D eigenvalue weighted by Gasteiger charge is 2.39. The number of carbonyl (C=O) groups excluding carboxylic acids is 1. The maximum Gasteiger partial charge on any atom is 0.311 e. The molecule has 0 spiro atoms. The molecule has 4 atom stereocenters. The van der Waals surface area contributed by atoms with Crippen molar-refractivity contribution in [3.05, 3.63) is 0 Å². The van der Waals surface area contributed by atoms with Gasteiger partial charge in [-0.15, -0.1) is 0 Å². The Morgan fingerprint density at radius 1 is 1.43 bits per heavy atom. The summed E-state index contributed by atoms with van der Waals surface area (Å²) in [6.45, 7) is 5.78. The molecule has 3 unspecified atom stereocenters. The molecule has 14 heavy (non-hydrogen) atoms. The van der Waals surface area contributed by atoms with E-state index < -0.39 is 6.10 Å². The standard InChI is InChI=1S/C11H20O3/c1-4-5-6-9-7(2)10(12)8(3)11(13)14-9/h7-10,12H,4-6H2,1-3H3/t7?,8-,9?,10?/m1/s1. The van der Waals surface area contributed by atoms with E-state index in [1.54, 1.807) is 6.92 Å². The summed E-state index contributed by atoms with van der Waals surface area (Å²) >= 11 is 0. The van der Waals surface area contributed by atoms with Crippen LogP contribution in [-0.4, -0.2) is 23.3 Å². The minimum atomic E-state index is -0.543. The Kier molecular flexibility index (Phi) is 3.93. The normalized spacial score (nSPS) is 38.1. The predicted molar refractivity (Wildman–Crippen MR) is 53.7 cm³/mol. The zero-order chi connectivity index (χ0) is 10.7. The Morgan fingerprint density at radius 3 is 2.64 bits per heavy atom. The van der Waals surface area contributed by atoms with Crippen molar-refractivity contribution in [2.75, 3.05) is 0 Å². The van der Waals surface area contributed by atoms with Crippen molar-refractivity contribution in [2.24, 2.45) is 11.8 Å². The molecule has 82 valence electrons. The van der Waals surface area contributed by atoms with Gasteiger partial charge in [0.15, 0.2) is 0 Å². The molecule has 1 saturated heterocycles. The van der Waals surface area contributed by atoms with Crippen molar-refractivity contribution >= 4 is 5.97 Å². The molecular weight excluding hydrogens is 180 g/mol. The van der Waals surface area contributed by atoms with Crippen LogP contribution in [-0.2, 0) is 9.53 Å². The Bertz CT molecular complexity index is 203. The minimum absolute atomic E-state index is 0.0641. The molecule has 0 bridgehead atoms. The van der Waals surface area contributed by atoms with Crippen LogP contribution >= 0.6 is 0 Å². The number of aliphatic hydroxyl groups is 1. The Hall–Kier alpha value is -0.570. The van der Waals surface area contributed by atoms with Crippen molar-refractivity contribution in [2.45, 2.75) is 52.2 Å². The van der Waals surface area contributed by atoms with Gasteiger partial charge in [-0.25, -0.2) is 0 Å². The van der Waals surface area contributed by atoms with E-state index in [0.29, 0.717) is 0 Å². The Balaban J connectivity index is 2.56. The summed E-state index contributed by atoms with van der Waals surface area (Å²) in [4.78, 5) is 11.3. The van der Waals surface area contributed by atoms with Crippen LogP contribution in [0.15, 0.2) is 0 Å². The highest BCUT2D eigenvalue weighted by atomic mass is 16.5. The van der Waals surface area contributed by atoms with E-state index in [0.717, 1.165) is 19.3 Å². The number of aliphatic hydroxyl groups excluding tert-OH is 1. The lowest BCUT2D eigenvalue weighted by atomic mass is 9.84. The highest BCUT2D eigenvalue weighted by molar-refractivity contribution is 5.73. The Labute approximate surface area is 85.5 Å². The van der Waals surface area contributed by atoms with Crippen molar-refractivity contribution < 1.29 is 14.6 Å². The molecule has 1 fully saturated rings. The first-order valence-electron chi connectivity index (χ1n) is 5.46.